The zero-order valence-corrected chi connectivity index (χ0v) is 14.8. The molecule has 3 N–H and O–H groups in total. The van der Waals surface area contributed by atoms with Crippen LogP contribution < -0.4 is 20.7 Å². The summed E-state index contributed by atoms with van der Waals surface area (Å²) in [7, 11) is 1.55. The molecule has 1 unspecified atom stereocenters. The summed E-state index contributed by atoms with van der Waals surface area (Å²) in [6, 6.07) is 12.3. The highest BCUT2D eigenvalue weighted by atomic mass is 16.5. The van der Waals surface area contributed by atoms with E-state index in [1.165, 1.54) is 6.92 Å². The lowest BCUT2D eigenvalue weighted by Gasteiger charge is -2.19. The highest BCUT2D eigenvalue weighted by Gasteiger charge is 2.16. The fourth-order valence-electron chi connectivity index (χ4n) is 2.35. The van der Waals surface area contributed by atoms with Gasteiger partial charge in [0.25, 0.3) is 0 Å². The monoisotopic (exact) mass is 341 g/mol. The van der Waals surface area contributed by atoms with Gasteiger partial charge in [-0.25, -0.2) is 0 Å². The maximum atomic E-state index is 12.4. The molecule has 0 bridgehead atoms. The van der Waals surface area contributed by atoms with Crippen molar-refractivity contribution in [1.82, 2.24) is 0 Å². The normalized spacial score (nSPS) is 11.4. The number of para-hydroxylation sites is 1. The number of hydrogen-bond donors (Lipinski definition) is 3. The van der Waals surface area contributed by atoms with Crippen LogP contribution in [0.2, 0.25) is 0 Å². The first kappa shape index (κ1) is 18.3. The first-order chi connectivity index (χ1) is 11.9. The lowest BCUT2D eigenvalue weighted by molar-refractivity contribution is -0.116. The van der Waals surface area contributed by atoms with Gasteiger partial charge in [-0.3, -0.25) is 9.59 Å². The molecule has 132 valence electrons. The van der Waals surface area contributed by atoms with E-state index in [4.69, 9.17) is 4.74 Å². The zero-order valence-electron chi connectivity index (χ0n) is 14.8. The van der Waals surface area contributed by atoms with Crippen molar-refractivity contribution in [3.05, 3.63) is 48.0 Å². The van der Waals surface area contributed by atoms with E-state index in [1.807, 2.05) is 31.2 Å². The number of ether oxygens (including phenoxy) is 1. The largest absolute Gasteiger partial charge is 0.495 e. The molecule has 0 aliphatic rings. The number of methoxy groups -OCH3 is 1. The van der Waals surface area contributed by atoms with Crippen molar-refractivity contribution in [3.8, 4) is 5.75 Å². The summed E-state index contributed by atoms with van der Waals surface area (Å²) in [4.78, 5) is 23.7. The van der Waals surface area contributed by atoms with Gasteiger partial charge in [0.2, 0.25) is 11.8 Å². The molecule has 2 aromatic carbocycles. The van der Waals surface area contributed by atoms with Crippen LogP contribution in [-0.2, 0) is 9.59 Å². The van der Waals surface area contributed by atoms with Crippen LogP contribution in [0.25, 0.3) is 0 Å². The van der Waals surface area contributed by atoms with Gasteiger partial charge in [-0.15, -0.1) is 0 Å². The fourth-order valence-corrected chi connectivity index (χ4v) is 2.35. The number of anilines is 3. The van der Waals surface area contributed by atoms with Crippen LogP contribution in [0.1, 0.15) is 19.4 Å². The van der Waals surface area contributed by atoms with Crippen LogP contribution in [0.15, 0.2) is 42.5 Å². The molecule has 2 aromatic rings. The van der Waals surface area contributed by atoms with Gasteiger partial charge >= 0.3 is 0 Å². The number of rotatable bonds is 6. The summed E-state index contributed by atoms with van der Waals surface area (Å²) in [5, 5.41) is 8.74. The molecule has 1 atom stereocenters. The van der Waals surface area contributed by atoms with E-state index in [0.29, 0.717) is 17.1 Å². The molecule has 0 saturated heterocycles. The lowest BCUT2D eigenvalue weighted by atomic mass is 10.2. The highest BCUT2D eigenvalue weighted by Crippen LogP contribution is 2.28. The van der Waals surface area contributed by atoms with Gasteiger partial charge in [-0.1, -0.05) is 18.2 Å². The number of carbonyl (C=O) groups is 2. The van der Waals surface area contributed by atoms with Crippen LogP contribution in [-0.4, -0.2) is 25.0 Å². The van der Waals surface area contributed by atoms with Crippen molar-refractivity contribution >= 4 is 28.9 Å². The SMILES string of the molecule is COc1ccc(NC(C)=O)cc1NC(C)C(=O)Nc1ccccc1C. The Morgan fingerprint density at radius 3 is 2.40 bits per heavy atom. The van der Waals surface area contributed by atoms with E-state index < -0.39 is 6.04 Å². The van der Waals surface area contributed by atoms with Crippen LogP contribution in [0, 0.1) is 6.92 Å². The molecule has 6 nitrogen and oxygen atoms in total. The minimum absolute atomic E-state index is 0.165. The molecule has 0 spiro atoms. The Kier molecular flexibility index (Phi) is 6.00. The van der Waals surface area contributed by atoms with Crippen molar-refractivity contribution in [3.63, 3.8) is 0 Å². The Balaban J connectivity index is 2.13. The van der Waals surface area contributed by atoms with E-state index in [9.17, 15) is 9.59 Å². The molecule has 0 radical (unpaired) electrons. The van der Waals surface area contributed by atoms with Crippen molar-refractivity contribution in [1.29, 1.82) is 0 Å². The second-order valence-corrected chi connectivity index (χ2v) is 5.77. The van der Waals surface area contributed by atoms with E-state index in [-0.39, 0.29) is 11.8 Å². The number of aryl methyl sites for hydroxylation is 1. The van der Waals surface area contributed by atoms with Crippen LogP contribution in [0.3, 0.4) is 0 Å². The van der Waals surface area contributed by atoms with Crippen LogP contribution in [0.4, 0.5) is 17.1 Å². The first-order valence-electron chi connectivity index (χ1n) is 7.99. The van der Waals surface area contributed by atoms with Crippen molar-refractivity contribution < 1.29 is 14.3 Å². The molecule has 0 aliphatic carbocycles. The Bertz CT molecular complexity index is 774. The molecule has 0 aromatic heterocycles. The molecular weight excluding hydrogens is 318 g/mol. The standard InChI is InChI=1S/C19H23N3O3/c1-12-7-5-6-8-16(12)22-19(24)13(2)20-17-11-15(21-14(3)23)9-10-18(17)25-4/h5-11,13,20H,1-4H3,(H,21,23)(H,22,24). The summed E-state index contributed by atoms with van der Waals surface area (Å²) in [6.45, 7) is 5.14. The molecule has 0 heterocycles. The molecule has 0 saturated carbocycles. The number of nitrogens with one attached hydrogen (secondary N) is 3. The molecule has 25 heavy (non-hydrogen) atoms. The van der Waals surface area contributed by atoms with Gasteiger partial charge in [0.05, 0.1) is 12.8 Å². The molecule has 0 fully saturated rings. The predicted octanol–water partition coefficient (Wildman–Crippen LogP) is 3.40. The second kappa shape index (κ2) is 8.19. The maximum absolute atomic E-state index is 12.4. The van der Waals surface area contributed by atoms with E-state index in [2.05, 4.69) is 16.0 Å². The third kappa shape index (κ3) is 4.97. The van der Waals surface area contributed by atoms with Gasteiger partial charge in [0.15, 0.2) is 0 Å². The smallest absolute Gasteiger partial charge is 0.246 e. The van der Waals surface area contributed by atoms with Crippen molar-refractivity contribution in [2.24, 2.45) is 0 Å². The maximum Gasteiger partial charge on any atom is 0.246 e. The van der Waals surface area contributed by atoms with Gasteiger partial charge in [-0.2, -0.15) is 0 Å². The van der Waals surface area contributed by atoms with Crippen LogP contribution in [0.5, 0.6) is 5.75 Å². The molecular formula is C19H23N3O3. The summed E-state index contributed by atoms with van der Waals surface area (Å²) in [5.41, 5.74) is 3.02. The number of amides is 2. The van der Waals surface area contributed by atoms with E-state index in [0.717, 1.165) is 11.3 Å². The third-order valence-corrected chi connectivity index (χ3v) is 3.69. The number of benzene rings is 2. The second-order valence-electron chi connectivity index (χ2n) is 5.77. The number of carbonyl (C=O) groups excluding carboxylic acids is 2. The van der Waals surface area contributed by atoms with Crippen LogP contribution >= 0.6 is 0 Å². The quantitative estimate of drug-likeness (QED) is 0.752. The number of hydrogen-bond acceptors (Lipinski definition) is 4. The third-order valence-electron chi connectivity index (χ3n) is 3.69. The summed E-state index contributed by atoms with van der Waals surface area (Å²) in [5.74, 6) is 0.257. The Morgan fingerprint density at radius 1 is 1.04 bits per heavy atom. The lowest BCUT2D eigenvalue weighted by Crippen LogP contribution is -2.32. The zero-order chi connectivity index (χ0) is 18.4. The molecule has 2 rings (SSSR count). The Hall–Kier alpha value is -3.02. The topological polar surface area (TPSA) is 79.5 Å². The first-order valence-corrected chi connectivity index (χ1v) is 7.99. The van der Waals surface area contributed by atoms with E-state index in [1.54, 1.807) is 32.2 Å². The predicted molar refractivity (Wildman–Crippen MR) is 100 cm³/mol. The summed E-state index contributed by atoms with van der Waals surface area (Å²) in [6.07, 6.45) is 0. The Morgan fingerprint density at radius 2 is 1.76 bits per heavy atom. The highest BCUT2D eigenvalue weighted by molar-refractivity contribution is 5.97. The van der Waals surface area contributed by atoms with Gasteiger partial charge in [0.1, 0.15) is 11.8 Å². The van der Waals surface area contributed by atoms with Crippen molar-refractivity contribution in [2.45, 2.75) is 26.8 Å². The minimum Gasteiger partial charge on any atom is -0.495 e. The average molecular weight is 341 g/mol. The fraction of sp³-hybridized carbons (Fsp3) is 0.263. The van der Waals surface area contributed by atoms with Gasteiger partial charge in [0, 0.05) is 18.3 Å². The van der Waals surface area contributed by atoms with Crippen molar-refractivity contribution in [2.75, 3.05) is 23.1 Å². The van der Waals surface area contributed by atoms with Gasteiger partial charge in [-0.05, 0) is 43.7 Å². The summed E-state index contributed by atoms with van der Waals surface area (Å²) >= 11 is 0. The van der Waals surface area contributed by atoms with Gasteiger partial charge < -0.3 is 20.7 Å². The molecule has 0 aliphatic heterocycles. The molecule has 6 heteroatoms. The summed E-state index contributed by atoms with van der Waals surface area (Å²) < 4.78 is 5.32. The Labute approximate surface area is 147 Å². The average Bonchev–Trinajstić information content (AvgIpc) is 2.56. The van der Waals surface area contributed by atoms with E-state index >= 15 is 0 Å². The minimum atomic E-state index is -0.499. The molecule has 2 amide bonds.